The summed E-state index contributed by atoms with van der Waals surface area (Å²) >= 11 is 0. The number of anilines is 2. The van der Waals surface area contributed by atoms with E-state index in [9.17, 15) is 0 Å². The first-order chi connectivity index (χ1) is 6.86. The molecule has 2 rings (SSSR count). The summed E-state index contributed by atoms with van der Waals surface area (Å²) in [6.07, 6.45) is 1.72. The zero-order chi connectivity index (χ0) is 9.80. The molecular formula is C9H14N4O. The number of morpholine rings is 1. The molecule has 0 aromatic carbocycles. The van der Waals surface area contributed by atoms with Crippen LogP contribution in [0.2, 0.25) is 0 Å². The van der Waals surface area contributed by atoms with Crippen molar-refractivity contribution in [3.05, 3.63) is 18.3 Å². The summed E-state index contributed by atoms with van der Waals surface area (Å²) in [5.41, 5.74) is 9.59. The maximum Gasteiger partial charge on any atom is 0.163 e. The van der Waals surface area contributed by atoms with Crippen molar-refractivity contribution < 1.29 is 4.74 Å². The lowest BCUT2D eigenvalue weighted by atomic mass is 10.4. The number of nitrogen functional groups attached to an aromatic ring is 1. The summed E-state index contributed by atoms with van der Waals surface area (Å²) in [6, 6.07) is 3.65. The minimum absolute atomic E-state index is 0.666. The number of rotatable bonds is 2. The minimum atomic E-state index is 0.666. The van der Waals surface area contributed by atoms with E-state index >= 15 is 0 Å². The molecule has 0 saturated carbocycles. The first kappa shape index (κ1) is 9.23. The lowest BCUT2D eigenvalue weighted by Crippen LogP contribution is -2.40. The lowest BCUT2D eigenvalue weighted by Gasteiger charge is -2.27. The molecular weight excluding hydrogens is 180 g/mol. The van der Waals surface area contributed by atoms with E-state index in [0.717, 1.165) is 32.1 Å². The average Bonchev–Trinajstić information content (AvgIpc) is 2.23. The Morgan fingerprint density at radius 2 is 2.21 bits per heavy atom. The van der Waals surface area contributed by atoms with E-state index in [1.54, 1.807) is 6.20 Å². The molecule has 0 spiro atoms. The quantitative estimate of drug-likeness (QED) is 0.710. The van der Waals surface area contributed by atoms with Crippen LogP contribution < -0.4 is 11.2 Å². The summed E-state index contributed by atoms with van der Waals surface area (Å²) in [5, 5.41) is 2.06. The van der Waals surface area contributed by atoms with Crippen LogP contribution in [0.5, 0.6) is 0 Å². The molecule has 2 heterocycles. The molecule has 1 aromatic heterocycles. The van der Waals surface area contributed by atoms with Crippen molar-refractivity contribution in [3.8, 4) is 0 Å². The molecule has 14 heavy (non-hydrogen) atoms. The summed E-state index contributed by atoms with van der Waals surface area (Å²) < 4.78 is 5.23. The molecule has 1 aromatic rings. The van der Waals surface area contributed by atoms with Gasteiger partial charge in [0.15, 0.2) is 5.82 Å². The summed E-state index contributed by atoms with van der Waals surface area (Å²) in [4.78, 5) is 4.15. The van der Waals surface area contributed by atoms with Gasteiger partial charge in [0.25, 0.3) is 0 Å². The number of nitrogens with one attached hydrogen (secondary N) is 1. The van der Waals surface area contributed by atoms with Crippen molar-refractivity contribution in [3.63, 3.8) is 0 Å². The fourth-order valence-corrected chi connectivity index (χ4v) is 1.34. The second kappa shape index (κ2) is 4.26. The van der Waals surface area contributed by atoms with Gasteiger partial charge in [0, 0.05) is 19.3 Å². The van der Waals surface area contributed by atoms with Crippen molar-refractivity contribution in [2.45, 2.75) is 0 Å². The number of ether oxygens (including phenoxy) is 1. The summed E-state index contributed by atoms with van der Waals surface area (Å²) in [7, 11) is 0. The van der Waals surface area contributed by atoms with Crippen LogP contribution in [0.3, 0.4) is 0 Å². The Labute approximate surface area is 82.8 Å². The van der Waals surface area contributed by atoms with Gasteiger partial charge < -0.3 is 15.9 Å². The number of hydrogen-bond acceptors (Lipinski definition) is 5. The van der Waals surface area contributed by atoms with Gasteiger partial charge in [-0.05, 0) is 12.1 Å². The van der Waals surface area contributed by atoms with E-state index in [0.29, 0.717) is 5.69 Å². The van der Waals surface area contributed by atoms with Gasteiger partial charge in [0.1, 0.15) is 0 Å². The van der Waals surface area contributed by atoms with Crippen LogP contribution in [0.25, 0.3) is 0 Å². The highest BCUT2D eigenvalue weighted by Gasteiger charge is 2.11. The number of nitrogens with zero attached hydrogens (tertiary/aromatic N) is 2. The Hall–Kier alpha value is -1.33. The molecule has 0 radical (unpaired) electrons. The fourth-order valence-electron chi connectivity index (χ4n) is 1.34. The third-order valence-corrected chi connectivity index (χ3v) is 2.11. The van der Waals surface area contributed by atoms with Crippen molar-refractivity contribution in [1.29, 1.82) is 0 Å². The van der Waals surface area contributed by atoms with Crippen molar-refractivity contribution in [2.75, 3.05) is 37.5 Å². The third-order valence-electron chi connectivity index (χ3n) is 2.11. The molecule has 0 atom stereocenters. The topological polar surface area (TPSA) is 63.4 Å². The number of nitrogens with two attached hydrogens (primary N) is 1. The Bertz CT molecular complexity index is 299. The highest BCUT2D eigenvalue weighted by Crippen LogP contribution is 2.14. The second-order valence-corrected chi connectivity index (χ2v) is 3.15. The van der Waals surface area contributed by atoms with Crippen LogP contribution in [0.1, 0.15) is 0 Å². The molecule has 76 valence electrons. The lowest BCUT2D eigenvalue weighted by molar-refractivity contribution is 0.0495. The summed E-state index contributed by atoms with van der Waals surface area (Å²) in [5.74, 6) is 0.717. The molecule has 1 saturated heterocycles. The van der Waals surface area contributed by atoms with Crippen molar-refractivity contribution >= 4 is 11.5 Å². The molecule has 0 aliphatic carbocycles. The second-order valence-electron chi connectivity index (χ2n) is 3.15. The van der Waals surface area contributed by atoms with Crippen molar-refractivity contribution in [2.24, 2.45) is 0 Å². The van der Waals surface area contributed by atoms with Gasteiger partial charge in [-0.15, -0.1) is 0 Å². The van der Waals surface area contributed by atoms with Crippen LogP contribution in [-0.2, 0) is 4.74 Å². The van der Waals surface area contributed by atoms with Gasteiger partial charge in [0.2, 0.25) is 0 Å². The van der Waals surface area contributed by atoms with E-state index in [2.05, 4.69) is 15.4 Å². The predicted molar refractivity (Wildman–Crippen MR) is 54.7 cm³/mol. The van der Waals surface area contributed by atoms with Crippen LogP contribution in [0, 0.1) is 0 Å². The van der Waals surface area contributed by atoms with Crippen molar-refractivity contribution in [1.82, 2.24) is 9.99 Å². The Balaban J connectivity index is 1.99. The van der Waals surface area contributed by atoms with Gasteiger partial charge in [0.05, 0.1) is 18.9 Å². The highest BCUT2D eigenvalue weighted by molar-refractivity contribution is 5.59. The first-order valence-electron chi connectivity index (χ1n) is 4.66. The standard InChI is InChI=1S/C9H14N4O/c10-8-2-1-3-11-9(8)12-13-4-6-14-7-5-13/h1-3H,4-7,10H2,(H,11,12). The predicted octanol–water partition coefficient (Wildman–Crippen LogP) is 0.323. The number of pyridine rings is 1. The van der Waals surface area contributed by atoms with E-state index in [-0.39, 0.29) is 0 Å². The monoisotopic (exact) mass is 194 g/mol. The number of aromatic nitrogens is 1. The van der Waals surface area contributed by atoms with Gasteiger partial charge in [-0.2, -0.15) is 0 Å². The Morgan fingerprint density at radius 1 is 1.43 bits per heavy atom. The SMILES string of the molecule is Nc1cccnc1NN1CCOCC1. The van der Waals surface area contributed by atoms with Crippen LogP contribution in [0.4, 0.5) is 11.5 Å². The van der Waals surface area contributed by atoms with E-state index in [1.165, 1.54) is 0 Å². The molecule has 1 aliphatic rings. The number of hydrogen-bond donors (Lipinski definition) is 2. The zero-order valence-electron chi connectivity index (χ0n) is 7.94. The minimum Gasteiger partial charge on any atom is -0.396 e. The summed E-state index contributed by atoms with van der Waals surface area (Å²) in [6.45, 7) is 3.21. The molecule has 0 bridgehead atoms. The maximum absolute atomic E-state index is 5.75. The van der Waals surface area contributed by atoms with Gasteiger partial charge in [-0.25, -0.2) is 9.99 Å². The molecule has 5 nitrogen and oxygen atoms in total. The van der Waals surface area contributed by atoms with Gasteiger partial charge >= 0.3 is 0 Å². The Kier molecular flexibility index (Phi) is 2.81. The fraction of sp³-hybridized carbons (Fsp3) is 0.444. The van der Waals surface area contributed by atoms with Crippen LogP contribution in [0.15, 0.2) is 18.3 Å². The van der Waals surface area contributed by atoms with E-state index < -0.39 is 0 Å². The largest absolute Gasteiger partial charge is 0.396 e. The smallest absolute Gasteiger partial charge is 0.163 e. The zero-order valence-corrected chi connectivity index (χ0v) is 7.94. The number of hydrazine groups is 1. The maximum atomic E-state index is 5.75. The van der Waals surface area contributed by atoms with Crippen LogP contribution >= 0.6 is 0 Å². The molecule has 0 unspecified atom stereocenters. The third kappa shape index (κ3) is 2.12. The average molecular weight is 194 g/mol. The molecule has 5 heteroatoms. The van der Waals surface area contributed by atoms with E-state index in [1.807, 2.05) is 12.1 Å². The van der Waals surface area contributed by atoms with E-state index in [4.69, 9.17) is 10.5 Å². The molecule has 1 fully saturated rings. The molecule has 3 N–H and O–H groups in total. The highest BCUT2D eigenvalue weighted by atomic mass is 16.5. The normalized spacial score (nSPS) is 18.0. The molecule has 0 amide bonds. The van der Waals surface area contributed by atoms with Gasteiger partial charge in [-0.3, -0.25) is 0 Å². The molecule has 1 aliphatic heterocycles. The Morgan fingerprint density at radius 3 is 2.93 bits per heavy atom. The van der Waals surface area contributed by atoms with Gasteiger partial charge in [-0.1, -0.05) is 0 Å². The van der Waals surface area contributed by atoms with Crippen LogP contribution in [-0.4, -0.2) is 36.3 Å². The first-order valence-corrected chi connectivity index (χ1v) is 4.66.